The molecule has 2 aromatic heterocycles. The van der Waals surface area contributed by atoms with E-state index < -0.39 is 0 Å². The Bertz CT molecular complexity index is 600. The van der Waals surface area contributed by atoms with Crippen LogP contribution >= 0.6 is 0 Å². The van der Waals surface area contributed by atoms with Crippen LogP contribution in [0.3, 0.4) is 0 Å². The van der Waals surface area contributed by atoms with Gasteiger partial charge in [-0.25, -0.2) is 9.97 Å². The molecule has 0 saturated heterocycles. The van der Waals surface area contributed by atoms with Crippen LogP contribution < -0.4 is 5.73 Å². The lowest BCUT2D eigenvalue weighted by molar-refractivity contribution is 0.565. The lowest BCUT2D eigenvalue weighted by atomic mass is 10.0. The van der Waals surface area contributed by atoms with Gasteiger partial charge in [0.05, 0.1) is 6.33 Å². The summed E-state index contributed by atoms with van der Waals surface area (Å²) in [6, 6.07) is 4.07. The summed E-state index contributed by atoms with van der Waals surface area (Å²) >= 11 is 0. The quantitative estimate of drug-likeness (QED) is 0.858. The van der Waals surface area contributed by atoms with Gasteiger partial charge in [0, 0.05) is 43.5 Å². The van der Waals surface area contributed by atoms with Crippen molar-refractivity contribution in [3.63, 3.8) is 0 Å². The summed E-state index contributed by atoms with van der Waals surface area (Å²) < 4.78 is 2.04. The monoisotopic (exact) mass is 266 g/mol. The van der Waals surface area contributed by atoms with E-state index in [9.17, 15) is 0 Å². The number of hydrogen-bond acceptors (Lipinski definition) is 3. The first kappa shape index (κ1) is 12.9. The molecule has 0 radical (unpaired) electrons. The summed E-state index contributed by atoms with van der Waals surface area (Å²) in [5.41, 5.74) is 7.87. The number of nitrogens with zero attached hydrogens (tertiary/aromatic N) is 3. The van der Waals surface area contributed by atoms with Crippen LogP contribution in [0.1, 0.15) is 30.0 Å². The third kappa shape index (κ3) is 3.25. The zero-order valence-corrected chi connectivity index (χ0v) is 11.4. The zero-order valence-electron chi connectivity index (χ0n) is 11.4. The Hall–Kier alpha value is -2.12. The Balaban J connectivity index is 1.70. The molecular weight excluding hydrogens is 248 g/mol. The maximum absolute atomic E-state index is 5.88. The summed E-state index contributed by atoms with van der Waals surface area (Å²) in [7, 11) is 0. The van der Waals surface area contributed by atoms with Crippen LogP contribution in [0.25, 0.3) is 0 Å². The number of imidazole rings is 1. The van der Waals surface area contributed by atoms with Crippen molar-refractivity contribution >= 4 is 0 Å². The molecular formula is C16H18N4. The van der Waals surface area contributed by atoms with Crippen molar-refractivity contribution in [3.8, 4) is 11.8 Å². The van der Waals surface area contributed by atoms with Gasteiger partial charge in [0.1, 0.15) is 5.69 Å². The van der Waals surface area contributed by atoms with Crippen molar-refractivity contribution < 1.29 is 0 Å². The lowest BCUT2D eigenvalue weighted by Crippen LogP contribution is -2.18. The Labute approximate surface area is 119 Å². The molecule has 1 aliphatic carbocycles. The first-order chi connectivity index (χ1) is 9.85. The van der Waals surface area contributed by atoms with E-state index in [2.05, 4.69) is 27.9 Å². The minimum Gasteiger partial charge on any atom is -0.337 e. The molecule has 2 N–H and O–H groups in total. The van der Waals surface area contributed by atoms with Crippen LogP contribution in [0.5, 0.6) is 0 Å². The highest BCUT2D eigenvalue weighted by Gasteiger charge is 2.17. The van der Waals surface area contributed by atoms with Crippen molar-refractivity contribution in [1.82, 2.24) is 14.5 Å². The topological polar surface area (TPSA) is 56.7 Å². The van der Waals surface area contributed by atoms with Gasteiger partial charge in [0.25, 0.3) is 0 Å². The Morgan fingerprint density at radius 1 is 1.40 bits per heavy atom. The van der Waals surface area contributed by atoms with E-state index in [-0.39, 0.29) is 5.92 Å². The summed E-state index contributed by atoms with van der Waals surface area (Å²) in [4.78, 5) is 8.47. The largest absolute Gasteiger partial charge is 0.337 e. The molecule has 2 heterocycles. The zero-order chi connectivity index (χ0) is 13.8. The lowest BCUT2D eigenvalue weighted by Gasteiger charge is -2.15. The van der Waals surface area contributed by atoms with Crippen molar-refractivity contribution in [3.05, 3.63) is 48.3 Å². The molecule has 1 saturated carbocycles. The predicted octanol–water partition coefficient (Wildman–Crippen LogP) is 1.78. The van der Waals surface area contributed by atoms with Crippen LogP contribution in [0.2, 0.25) is 0 Å². The predicted molar refractivity (Wildman–Crippen MR) is 77.9 cm³/mol. The fourth-order valence-electron chi connectivity index (χ4n) is 2.09. The first-order valence-corrected chi connectivity index (χ1v) is 6.98. The van der Waals surface area contributed by atoms with E-state index in [1.165, 1.54) is 12.8 Å². The van der Waals surface area contributed by atoms with Gasteiger partial charge in [0.15, 0.2) is 0 Å². The van der Waals surface area contributed by atoms with Crippen molar-refractivity contribution in [2.24, 2.45) is 11.7 Å². The van der Waals surface area contributed by atoms with E-state index in [0.717, 1.165) is 17.8 Å². The van der Waals surface area contributed by atoms with Gasteiger partial charge >= 0.3 is 0 Å². The standard InChI is InChI=1S/C16H18N4/c17-9-15(11-20-8-7-18-12-20)14-4-6-16(19-10-14)5-3-13-1-2-13/h4,6-8,10,12-13,15H,1-2,9,11,17H2. The average Bonchev–Trinajstić information content (AvgIpc) is 3.18. The molecule has 1 aliphatic rings. The third-order valence-electron chi connectivity index (χ3n) is 3.51. The highest BCUT2D eigenvalue weighted by atomic mass is 15.0. The Morgan fingerprint density at radius 2 is 2.30 bits per heavy atom. The SMILES string of the molecule is NCC(Cn1ccnc1)c1ccc(C#CC2CC2)nc1. The van der Waals surface area contributed by atoms with Gasteiger partial charge in [-0.05, 0) is 30.4 Å². The van der Waals surface area contributed by atoms with E-state index in [1.54, 1.807) is 6.20 Å². The van der Waals surface area contributed by atoms with Crippen molar-refractivity contribution in [1.29, 1.82) is 0 Å². The molecule has 4 heteroatoms. The highest BCUT2D eigenvalue weighted by Crippen LogP contribution is 2.27. The molecule has 0 aliphatic heterocycles. The second kappa shape index (κ2) is 5.89. The van der Waals surface area contributed by atoms with Crippen LogP contribution in [0, 0.1) is 17.8 Å². The smallest absolute Gasteiger partial charge is 0.113 e. The summed E-state index contributed by atoms with van der Waals surface area (Å²) in [5, 5.41) is 0. The van der Waals surface area contributed by atoms with Crippen LogP contribution in [0.4, 0.5) is 0 Å². The van der Waals surface area contributed by atoms with Crippen molar-refractivity contribution in [2.45, 2.75) is 25.3 Å². The van der Waals surface area contributed by atoms with Crippen molar-refractivity contribution in [2.75, 3.05) is 6.54 Å². The second-order valence-electron chi connectivity index (χ2n) is 5.21. The van der Waals surface area contributed by atoms with Gasteiger partial charge in [0.2, 0.25) is 0 Å². The molecule has 4 nitrogen and oxygen atoms in total. The fraction of sp³-hybridized carbons (Fsp3) is 0.375. The van der Waals surface area contributed by atoms with Gasteiger partial charge in [-0.1, -0.05) is 12.0 Å². The molecule has 0 spiro atoms. The number of pyridine rings is 1. The molecule has 1 atom stereocenters. The molecule has 0 amide bonds. The minimum absolute atomic E-state index is 0.252. The highest BCUT2D eigenvalue weighted by molar-refractivity contribution is 5.31. The third-order valence-corrected chi connectivity index (χ3v) is 3.51. The molecule has 102 valence electrons. The molecule has 0 bridgehead atoms. The average molecular weight is 266 g/mol. The number of rotatable bonds is 4. The van der Waals surface area contributed by atoms with E-state index in [0.29, 0.717) is 12.5 Å². The van der Waals surface area contributed by atoms with Gasteiger partial charge < -0.3 is 10.3 Å². The first-order valence-electron chi connectivity index (χ1n) is 6.98. The van der Waals surface area contributed by atoms with E-state index in [1.807, 2.05) is 29.4 Å². The van der Waals surface area contributed by atoms with Gasteiger partial charge in [-0.2, -0.15) is 0 Å². The maximum atomic E-state index is 5.88. The minimum atomic E-state index is 0.252. The molecule has 2 aromatic rings. The number of hydrogen-bond donors (Lipinski definition) is 1. The Morgan fingerprint density at radius 3 is 2.90 bits per heavy atom. The number of aromatic nitrogens is 3. The normalized spacial score (nSPS) is 15.4. The van der Waals surface area contributed by atoms with Crippen LogP contribution in [-0.2, 0) is 6.54 Å². The van der Waals surface area contributed by atoms with Gasteiger partial charge in [-0.15, -0.1) is 0 Å². The van der Waals surface area contributed by atoms with Gasteiger partial charge in [-0.3, -0.25) is 0 Å². The number of nitrogens with two attached hydrogens (primary N) is 1. The molecule has 3 rings (SSSR count). The summed E-state index contributed by atoms with van der Waals surface area (Å²) in [6.45, 7) is 1.41. The van der Waals surface area contributed by atoms with Crippen LogP contribution in [-0.4, -0.2) is 21.1 Å². The summed E-state index contributed by atoms with van der Waals surface area (Å²) in [5.74, 6) is 7.21. The molecule has 0 aromatic carbocycles. The Kier molecular flexibility index (Phi) is 3.80. The van der Waals surface area contributed by atoms with Crippen LogP contribution in [0.15, 0.2) is 37.1 Å². The van der Waals surface area contributed by atoms with E-state index in [4.69, 9.17) is 5.73 Å². The molecule has 20 heavy (non-hydrogen) atoms. The van der Waals surface area contributed by atoms with E-state index >= 15 is 0 Å². The molecule has 1 fully saturated rings. The second-order valence-corrected chi connectivity index (χ2v) is 5.21. The fourth-order valence-corrected chi connectivity index (χ4v) is 2.09. The maximum Gasteiger partial charge on any atom is 0.113 e. The summed E-state index contributed by atoms with van der Waals surface area (Å²) in [6.07, 6.45) is 9.92. The molecule has 1 unspecified atom stereocenters.